The van der Waals surface area contributed by atoms with E-state index >= 15 is 0 Å². The Morgan fingerprint density at radius 3 is 2.79 bits per heavy atom. The predicted molar refractivity (Wildman–Crippen MR) is 58.5 cm³/mol. The van der Waals surface area contributed by atoms with Crippen molar-refractivity contribution in [1.29, 1.82) is 0 Å². The minimum atomic E-state index is -1.01. The Morgan fingerprint density at radius 1 is 1.64 bits per heavy atom. The van der Waals surface area contributed by atoms with Gasteiger partial charge in [-0.3, -0.25) is 4.79 Å². The zero-order valence-electron chi connectivity index (χ0n) is 7.21. The molecule has 0 aromatic heterocycles. The maximum Gasteiger partial charge on any atom is 0.320 e. The van der Waals surface area contributed by atoms with Crippen LogP contribution in [0.3, 0.4) is 0 Å². The van der Waals surface area contributed by atoms with Gasteiger partial charge in [-0.05, 0) is 24.1 Å². The number of benzene rings is 1. The van der Waals surface area contributed by atoms with Crippen LogP contribution in [0.1, 0.15) is 5.56 Å². The molecular formula is C9H9BrClNO2. The van der Waals surface area contributed by atoms with Crippen LogP contribution < -0.4 is 5.73 Å². The van der Waals surface area contributed by atoms with Crippen LogP contribution >= 0.6 is 27.5 Å². The number of rotatable bonds is 3. The molecule has 0 spiro atoms. The standard InChI is InChI=1S/C9H9BrClNO2/c10-7-4-6(11)2-1-5(7)3-8(12)9(13)14/h1-2,4,8H,3,12H2,(H,13,14). The fourth-order valence-corrected chi connectivity index (χ4v) is 1.86. The second-order valence-electron chi connectivity index (χ2n) is 2.88. The second-order valence-corrected chi connectivity index (χ2v) is 4.18. The zero-order chi connectivity index (χ0) is 10.7. The summed E-state index contributed by atoms with van der Waals surface area (Å²) < 4.78 is 0.779. The number of carbonyl (C=O) groups is 1. The molecule has 1 atom stereocenters. The number of hydrogen-bond acceptors (Lipinski definition) is 2. The Kier molecular flexibility index (Phi) is 3.92. The number of carboxylic acids is 1. The molecule has 0 aliphatic carbocycles. The SMILES string of the molecule is NC(Cc1ccc(Cl)cc1Br)C(=O)O. The maximum atomic E-state index is 10.5. The van der Waals surface area contributed by atoms with Crippen molar-refractivity contribution in [2.75, 3.05) is 0 Å². The van der Waals surface area contributed by atoms with Crippen molar-refractivity contribution in [3.8, 4) is 0 Å². The molecule has 1 unspecified atom stereocenters. The van der Waals surface area contributed by atoms with E-state index in [4.69, 9.17) is 22.4 Å². The van der Waals surface area contributed by atoms with Gasteiger partial charge in [0.2, 0.25) is 0 Å². The third-order valence-electron chi connectivity index (χ3n) is 1.77. The highest BCUT2D eigenvalue weighted by molar-refractivity contribution is 9.10. The van der Waals surface area contributed by atoms with Gasteiger partial charge in [-0.15, -0.1) is 0 Å². The molecule has 3 nitrogen and oxygen atoms in total. The van der Waals surface area contributed by atoms with Crippen molar-refractivity contribution in [3.05, 3.63) is 33.3 Å². The summed E-state index contributed by atoms with van der Waals surface area (Å²) in [4.78, 5) is 10.5. The van der Waals surface area contributed by atoms with E-state index in [-0.39, 0.29) is 6.42 Å². The van der Waals surface area contributed by atoms with Crippen molar-refractivity contribution in [3.63, 3.8) is 0 Å². The van der Waals surface area contributed by atoms with E-state index in [1.807, 2.05) is 0 Å². The molecule has 14 heavy (non-hydrogen) atoms. The van der Waals surface area contributed by atoms with E-state index in [0.29, 0.717) is 5.02 Å². The molecule has 0 fully saturated rings. The van der Waals surface area contributed by atoms with Crippen LogP contribution in [0, 0.1) is 0 Å². The van der Waals surface area contributed by atoms with Crippen LogP contribution in [0.25, 0.3) is 0 Å². The van der Waals surface area contributed by atoms with Gasteiger partial charge in [-0.2, -0.15) is 0 Å². The first-order valence-corrected chi connectivity index (χ1v) is 5.10. The first kappa shape index (κ1) is 11.5. The van der Waals surface area contributed by atoms with Gasteiger partial charge in [0.05, 0.1) is 0 Å². The summed E-state index contributed by atoms with van der Waals surface area (Å²) in [5.74, 6) is -1.01. The van der Waals surface area contributed by atoms with Gasteiger partial charge in [0.25, 0.3) is 0 Å². The second kappa shape index (κ2) is 4.77. The minimum absolute atomic E-state index is 0.285. The molecule has 0 saturated carbocycles. The fraction of sp³-hybridized carbons (Fsp3) is 0.222. The van der Waals surface area contributed by atoms with Gasteiger partial charge in [0, 0.05) is 9.50 Å². The quantitative estimate of drug-likeness (QED) is 0.889. The Balaban J connectivity index is 2.82. The Labute approximate surface area is 95.0 Å². The third-order valence-corrected chi connectivity index (χ3v) is 2.75. The van der Waals surface area contributed by atoms with Crippen LogP contribution in [0.4, 0.5) is 0 Å². The highest BCUT2D eigenvalue weighted by atomic mass is 79.9. The predicted octanol–water partition coefficient (Wildman–Crippen LogP) is 2.06. The number of aliphatic carboxylic acids is 1. The van der Waals surface area contributed by atoms with Crippen LogP contribution in [-0.2, 0) is 11.2 Å². The molecule has 0 amide bonds. The average molecular weight is 279 g/mol. The third kappa shape index (κ3) is 2.97. The fourth-order valence-electron chi connectivity index (χ4n) is 1.01. The summed E-state index contributed by atoms with van der Waals surface area (Å²) in [6, 6.07) is 4.30. The summed E-state index contributed by atoms with van der Waals surface area (Å²) in [6.45, 7) is 0. The summed E-state index contributed by atoms with van der Waals surface area (Å²) in [5, 5.41) is 9.22. The van der Waals surface area contributed by atoms with Gasteiger partial charge in [0.1, 0.15) is 6.04 Å². The molecule has 0 heterocycles. The molecule has 1 aromatic carbocycles. The van der Waals surface area contributed by atoms with Crippen LogP contribution in [0.2, 0.25) is 5.02 Å². The van der Waals surface area contributed by atoms with E-state index in [1.165, 1.54) is 0 Å². The van der Waals surface area contributed by atoms with Crippen LogP contribution in [0.5, 0.6) is 0 Å². The highest BCUT2D eigenvalue weighted by Gasteiger charge is 2.13. The van der Waals surface area contributed by atoms with Crippen LogP contribution in [-0.4, -0.2) is 17.1 Å². The molecule has 0 saturated heterocycles. The van der Waals surface area contributed by atoms with Crippen LogP contribution in [0.15, 0.2) is 22.7 Å². The summed E-state index contributed by atoms with van der Waals surface area (Å²) in [6.07, 6.45) is 0.285. The minimum Gasteiger partial charge on any atom is -0.480 e. The lowest BCUT2D eigenvalue weighted by atomic mass is 10.1. The lowest BCUT2D eigenvalue weighted by Crippen LogP contribution is -2.32. The smallest absolute Gasteiger partial charge is 0.320 e. The lowest BCUT2D eigenvalue weighted by Gasteiger charge is -2.08. The molecule has 1 aromatic rings. The topological polar surface area (TPSA) is 63.3 Å². The molecule has 76 valence electrons. The Hall–Kier alpha value is -0.580. The maximum absolute atomic E-state index is 10.5. The van der Waals surface area contributed by atoms with Crippen molar-refractivity contribution in [2.45, 2.75) is 12.5 Å². The molecule has 0 aliphatic rings. The number of halogens is 2. The molecule has 1 rings (SSSR count). The van der Waals surface area contributed by atoms with Crippen molar-refractivity contribution < 1.29 is 9.90 Å². The monoisotopic (exact) mass is 277 g/mol. The van der Waals surface area contributed by atoms with Gasteiger partial charge in [-0.1, -0.05) is 33.6 Å². The molecule has 0 radical (unpaired) electrons. The average Bonchev–Trinajstić information content (AvgIpc) is 2.09. The lowest BCUT2D eigenvalue weighted by molar-refractivity contribution is -0.138. The zero-order valence-corrected chi connectivity index (χ0v) is 9.55. The number of hydrogen-bond donors (Lipinski definition) is 2. The first-order chi connectivity index (χ1) is 6.50. The first-order valence-electron chi connectivity index (χ1n) is 3.93. The van der Waals surface area contributed by atoms with E-state index in [2.05, 4.69) is 15.9 Å². The van der Waals surface area contributed by atoms with Gasteiger partial charge in [0.15, 0.2) is 0 Å². The van der Waals surface area contributed by atoms with Crippen molar-refractivity contribution in [1.82, 2.24) is 0 Å². The molecule has 0 bridgehead atoms. The van der Waals surface area contributed by atoms with Crippen molar-refractivity contribution >= 4 is 33.5 Å². The summed E-state index contributed by atoms with van der Waals surface area (Å²) in [7, 11) is 0. The largest absolute Gasteiger partial charge is 0.480 e. The van der Waals surface area contributed by atoms with Gasteiger partial charge in [-0.25, -0.2) is 0 Å². The Bertz CT molecular complexity index is 357. The van der Waals surface area contributed by atoms with Gasteiger partial charge >= 0.3 is 5.97 Å². The van der Waals surface area contributed by atoms with E-state index in [9.17, 15) is 4.79 Å². The Morgan fingerprint density at radius 2 is 2.29 bits per heavy atom. The molecule has 3 N–H and O–H groups in total. The number of carboxylic acid groups (broad SMARTS) is 1. The summed E-state index contributed by atoms with van der Waals surface area (Å²) in [5.41, 5.74) is 6.24. The van der Waals surface area contributed by atoms with Crippen molar-refractivity contribution in [2.24, 2.45) is 5.73 Å². The summed E-state index contributed by atoms with van der Waals surface area (Å²) >= 11 is 9.03. The van der Waals surface area contributed by atoms with E-state index < -0.39 is 12.0 Å². The normalized spacial score (nSPS) is 12.5. The number of nitrogens with two attached hydrogens (primary N) is 1. The van der Waals surface area contributed by atoms with E-state index in [1.54, 1.807) is 18.2 Å². The van der Waals surface area contributed by atoms with Gasteiger partial charge < -0.3 is 10.8 Å². The molecule has 0 aliphatic heterocycles. The highest BCUT2D eigenvalue weighted by Crippen LogP contribution is 2.22. The molecule has 5 heteroatoms. The van der Waals surface area contributed by atoms with E-state index in [0.717, 1.165) is 10.0 Å². The molecular weight excluding hydrogens is 269 g/mol.